The standard InChI is InChI=1S/C52H31N3O/c53-32-39-16-6-7-17-40(39)36-24-26-43-41(29-36)42-30-37(25-27-44(42)52(43)45-18-8-10-20-49(45)56-50-21-11-9-19-46(50)52)48-31-47(34-13-2-1-3-14-34)54-51(55-48)38-23-22-33-12-4-5-15-35(33)28-38/h1-31H. The van der Waals surface area contributed by atoms with Crippen molar-refractivity contribution in [3.8, 4) is 73.7 Å². The van der Waals surface area contributed by atoms with Gasteiger partial charge >= 0.3 is 0 Å². The van der Waals surface area contributed by atoms with Crippen LogP contribution in [0.25, 0.3) is 66.9 Å². The van der Waals surface area contributed by atoms with Crippen molar-refractivity contribution in [1.82, 2.24) is 9.97 Å². The molecule has 1 aliphatic heterocycles. The van der Waals surface area contributed by atoms with Crippen molar-refractivity contribution in [2.45, 2.75) is 5.41 Å². The first-order valence-corrected chi connectivity index (χ1v) is 18.8. The quantitative estimate of drug-likeness (QED) is 0.182. The summed E-state index contributed by atoms with van der Waals surface area (Å²) in [7, 11) is 0. The van der Waals surface area contributed by atoms with Crippen molar-refractivity contribution in [2.24, 2.45) is 0 Å². The highest BCUT2D eigenvalue weighted by atomic mass is 16.5. The zero-order chi connectivity index (χ0) is 37.2. The van der Waals surface area contributed by atoms with Gasteiger partial charge in [-0.15, -0.1) is 0 Å². The van der Waals surface area contributed by atoms with E-state index in [1.54, 1.807) is 0 Å². The predicted octanol–water partition coefficient (Wildman–Crippen LogP) is 12.6. The molecule has 56 heavy (non-hydrogen) atoms. The maximum Gasteiger partial charge on any atom is 0.160 e. The third-order valence-corrected chi connectivity index (χ3v) is 11.4. The molecule has 0 fully saturated rings. The summed E-state index contributed by atoms with van der Waals surface area (Å²) in [5.74, 6) is 2.36. The molecule has 4 nitrogen and oxygen atoms in total. The number of rotatable bonds is 4. The van der Waals surface area contributed by atoms with Crippen molar-refractivity contribution < 1.29 is 4.74 Å². The van der Waals surface area contributed by atoms with Crippen LogP contribution in [-0.4, -0.2) is 9.97 Å². The van der Waals surface area contributed by atoms with Crippen molar-refractivity contribution >= 4 is 10.8 Å². The van der Waals surface area contributed by atoms with Gasteiger partial charge in [0, 0.05) is 27.8 Å². The molecule has 11 rings (SSSR count). The first-order valence-electron chi connectivity index (χ1n) is 18.8. The van der Waals surface area contributed by atoms with Gasteiger partial charge < -0.3 is 4.74 Å². The number of nitriles is 1. The molecule has 0 radical (unpaired) electrons. The van der Waals surface area contributed by atoms with Gasteiger partial charge in [-0.2, -0.15) is 5.26 Å². The molecule has 0 saturated heterocycles. The highest BCUT2D eigenvalue weighted by Crippen LogP contribution is 2.62. The van der Waals surface area contributed by atoms with Gasteiger partial charge in [-0.05, 0) is 86.6 Å². The van der Waals surface area contributed by atoms with Crippen molar-refractivity contribution in [3.63, 3.8) is 0 Å². The molecule has 0 atom stereocenters. The van der Waals surface area contributed by atoms with Crippen LogP contribution in [0.15, 0.2) is 188 Å². The highest BCUT2D eigenvalue weighted by Gasteiger charge is 2.51. The van der Waals surface area contributed by atoms with Crippen LogP contribution in [0.3, 0.4) is 0 Å². The van der Waals surface area contributed by atoms with Gasteiger partial charge in [0.15, 0.2) is 5.82 Å². The van der Waals surface area contributed by atoms with E-state index < -0.39 is 5.41 Å². The van der Waals surface area contributed by atoms with Gasteiger partial charge in [0.2, 0.25) is 0 Å². The number of hydrogen-bond acceptors (Lipinski definition) is 4. The number of hydrogen-bond donors (Lipinski definition) is 0. The minimum Gasteiger partial charge on any atom is -0.457 e. The van der Waals surface area contributed by atoms with Gasteiger partial charge in [-0.1, -0.05) is 146 Å². The number of ether oxygens (including phenoxy) is 1. The fraction of sp³-hybridized carbons (Fsp3) is 0.0192. The fourth-order valence-electron chi connectivity index (χ4n) is 8.88. The Bertz CT molecular complexity index is 3040. The molecule has 0 bridgehead atoms. The molecule has 4 heteroatoms. The van der Waals surface area contributed by atoms with Crippen LogP contribution in [0.1, 0.15) is 27.8 Å². The Morgan fingerprint density at radius 1 is 0.411 bits per heavy atom. The Morgan fingerprint density at radius 3 is 1.71 bits per heavy atom. The largest absolute Gasteiger partial charge is 0.457 e. The molecule has 0 N–H and O–H groups in total. The first kappa shape index (κ1) is 31.9. The third-order valence-electron chi connectivity index (χ3n) is 11.4. The minimum absolute atomic E-state index is 0.626. The van der Waals surface area contributed by atoms with E-state index in [0.717, 1.165) is 78.3 Å². The van der Waals surface area contributed by atoms with E-state index in [9.17, 15) is 5.26 Å². The maximum atomic E-state index is 10.1. The zero-order valence-electron chi connectivity index (χ0n) is 30.1. The van der Waals surface area contributed by atoms with E-state index >= 15 is 0 Å². The number of aromatic nitrogens is 2. The molecule has 8 aromatic carbocycles. The van der Waals surface area contributed by atoms with Crippen molar-refractivity contribution in [1.29, 1.82) is 5.26 Å². The Morgan fingerprint density at radius 2 is 0.982 bits per heavy atom. The number of benzene rings is 8. The van der Waals surface area contributed by atoms with Gasteiger partial charge in [0.05, 0.1) is 28.4 Å². The average Bonchev–Trinajstić information content (AvgIpc) is 3.55. The van der Waals surface area contributed by atoms with Crippen LogP contribution in [0.5, 0.6) is 11.5 Å². The summed E-state index contributed by atoms with van der Waals surface area (Å²) < 4.78 is 6.59. The lowest BCUT2D eigenvalue weighted by Gasteiger charge is -2.39. The summed E-state index contributed by atoms with van der Waals surface area (Å²) in [6.45, 7) is 0. The van der Waals surface area contributed by atoms with Gasteiger partial charge in [-0.3, -0.25) is 0 Å². The smallest absolute Gasteiger partial charge is 0.160 e. The Labute approximate surface area is 324 Å². The first-order chi connectivity index (χ1) is 27.7. The van der Waals surface area contributed by atoms with Gasteiger partial charge in [0.1, 0.15) is 11.5 Å². The Balaban J connectivity index is 1.18. The molecular formula is C52H31N3O. The molecule has 0 amide bonds. The second-order valence-electron chi connectivity index (χ2n) is 14.4. The molecule has 2 heterocycles. The van der Waals surface area contributed by atoms with Crippen LogP contribution < -0.4 is 4.74 Å². The Hall–Kier alpha value is -7.61. The Kier molecular flexibility index (Phi) is 7.10. The lowest BCUT2D eigenvalue weighted by Crippen LogP contribution is -2.32. The number of fused-ring (bicyclic) bond motifs is 10. The van der Waals surface area contributed by atoms with Gasteiger partial charge in [0.25, 0.3) is 0 Å². The van der Waals surface area contributed by atoms with E-state index in [1.807, 2.05) is 54.6 Å². The topological polar surface area (TPSA) is 58.8 Å². The van der Waals surface area contributed by atoms with Crippen LogP contribution in [0, 0.1) is 11.3 Å². The molecular weight excluding hydrogens is 683 g/mol. The number of nitrogens with zero attached hydrogens (tertiary/aromatic N) is 3. The predicted molar refractivity (Wildman–Crippen MR) is 223 cm³/mol. The summed E-state index contributed by atoms with van der Waals surface area (Å²) in [5, 5.41) is 12.4. The maximum absolute atomic E-state index is 10.1. The highest BCUT2D eigenvalue weighted by molar-refractivity contribution is 5.93. The monoisotopic (exact) mass is 713 g/mol. The molecule has 9 aromatic rings. The molecule has 0 unspecified atom stereocenters. The van der Waals surface area contributed by atoms with Crippen LogP contribution in [-0.2, 0) is 5.41 Å². The fourth-order valence-corrected chi connectivity index (χ4v) is 8.88. The van der Waals surface area contributed by atoms with E-state index in [2.05, 4.69) is 140 Å². The summed E-state index contributed by atoms with van der Waals surface area (Å²) in [5.41, 5.74) is 13.4. The molecule has 1 spiro atoms. The van der Waals surface area contributed by atoms with Gasteiger partial charge in [-0.25, -0.2) is 9.97 Å². The summed E-state index contributed by atoms with van der Waals surface area (Å²) in [6.07, 6.45) is 0. The molecule has 2 aliphatic rings. The van der Waals surface area contributed by atoms with E-state index in [-0.39, 0.29) is 0 Å². The second-order valence-corrected chi connectivity index (χ2v) is 14.4. The third kappa shape index (κ3) is 4.78. The van der Waals surface area contributed by atoms with E-state index in [0.29, 0.717) is 11.4 Å². The normalized spacial score (nSPS) is 12.9. The summed E-state index contributed by atoms with van der Waals surface area (Å²) in [4.78, 5) is 10.4. The average molecular weight is 714 g/mol. The van der Waals surface area contributed by atoms with Crippen LogP contribution in [0.4, 0.5) is 0 Å². The van der Waals surface area contributed by atoms with E-state index in [1.165, 1.54) is 16.5 Å². The molecule has 260 valence electrons. The van der Waals surface area contributed by atoms with Crippen LogP contribution in [0.2, 0.25) is 0 Å². The van der Waals surface area contributed by atoms with Crippen molar-refractivity contribution in [2.75, 3.05) is 0 Å². The lowest BCUT2D eigenvalue weighted by atomic mass is 9.66. The molecule has 0 saturated carbocycles. The second kappa shape index (κ2) is 12.5. The van der Waals surface area contributed by atoms with E-state index in [4.69, 9.17) is 14.7 Å². The molecule has 1 aromatic heterocycles. The SMILES string of the molecule is N#Cc1ccccc1-c1ccc2c(c1)-c1cc(-c3cc(-c4ccccc4)nc(-c4ccc5ccccc5c4)n3)ccc1C21c2ccccc2Oc2ccccc21. The number of para-hydroxylation sites is 2. The summed E-state index contributed by atoms with van der Waals surface area (Å²) >= 11 is 0. The van der Waals surface area contributed by atoms with Crippen LogP contribution >= 0.6 is 0 Å². The minimum atomic E-state index is -0.626. The zero-order valence-corrected chi connectivity index (χ0v) is 30.1. The van der Waals surface area contributed by atoms with Crippen molar-refractivity contribution in [3.05, 3.63) is 216 Å². The molecule has 1 aliphatic carbocycles. The lowest BCUT2D eigenvalue weighted by molar-refractivity contribution is 0.436. The summed E-state index contributed by atoms with van der Waals surface area (Å²) in [6, 6.07) is 67.7.